The summed E-state index contributed by atoms with van der Waals surface area (Å²) in [4.78, 5) is 17.9. The van der Waals surface area contributed by atoms with E-state index in [9.17, 15) is 4.79 Å². The second-order valence-corrected chi connectivity index (χ2v) is 6.05. The van der Waals surface area contributed by atoms with Gasteiger partial charge in [0.2, 0.25) is 0 Å². The molecule has 0 aromatic heterocycles. The van der Waals surface area contributed by atoms with Crippen molar-refractivity contribution in [1.82, 2.24) is 5.06 Å². The Kier molecular flexibility index (Phi) is 3.89. The van der Waals surface area contributed by atoms with E-state index in [2.05, 4.69) is 5.10 Å². The summed E-state index contributed by atoms with van der Waals surface area (Å²) in [5, 5.41) is 7.80. The van der Waals surface area contributed by atoms with Gasteiger partial charge in [-0.15, -0.1) is 0 Å². The van der Waals surface area contributed by atoms with Crippen LogP contribution in [0.4, 0.5) is 5.69 Å². The number of hydroxylamine groups is 2. The standard InChI is InChI=1S/C19H19N3O3/c1-21(24-2)19(23)18-17(13-8-4-3-5-9-13)15-12-25-16-11-7-6-10-14(16)22(15)20-18/h3-11,15,17H,12H2,1-2H3/t15-,17-/m0/s1. The molecule has 6 heteroatoms. The topological polar surface area (TPSA) is 54.4 Å². The highest BCUT2D eigenvalue weighted by atomic mass is 16.7. The Hall–Kier alpha value is -2.86. The Balaban J connectivity index is 1.80. The molecule has 2 aliphatic rings. The molecular formula is C19H19N3O3. The third-order valence-corrected chi connectivity index (χ3v) is 4.67. The molecule has 2 aromatic rings. The number of hydrazone groups is 1. The minimum absolute atomic E-state index is 0.0680. The Morgan fingerprint density at radius 1 is 1.20 bits per heavy atom. The zero-order valence-corrected chi connectivity index (χ0v) is 14.1. The van der Waals surface area contributed by atoms with Crippen LogP contribution < -0.4 is 9.75 Å². The van der Waals surface area contributed by atoms with E-state index in [1.807, 2.05) is 59.6 Å². The molecule has 0 saturated carbocycles. The molecule has 0 N–H and O–H groups in total. The van der Waals surface area contributed by atoms with Gasteiger partial charge in [-0.05, 0) is 17.7 Å². The number of ether oxygens (including phenoxy) is 1. The SMILES string of the molecule is CON(C)C(=O)C1=NN2c3ccccc3OC[C@H]2[C@@H]1c1ccccc1. The van der Waals surface area contributed by atoms with Crippen LogP contribution >= 0.6 is 0 Å². The first-order chi connectivity index (χ1) is 12.2. The molecule has 2 aromatic carbocycles. The van der Waals surface area contributed by atoms with Crippen LogP contribution in [0.2, 0.25) is 0 Å². The van der Waals surface area contributed by atoms with Gasteiger partial charge in [0.1, 0.15) is 23.8 Å². The summed E-state index contributed by atoms with van der Waals surface area (Å²) in [5.41, 5.74) is 2.37. The van der Waals surface area contributed by atoms with Crippen molar-refractivity contribution in [2.45, 2.75) is 12.0 Å². The number of hydrogen-bond donors (Lipinski definition) is 0. The van der Waals surface area contributed by atoms with Crippen molar-refractivity contribution in [3.8, 4) is 5.75 Å². The maximum absolute atomic E-state index is 12.8. The van der Waals surface area contributed by atoms with Crippen LogP contribution in [0.15, 0.2) is 59.7 Å². The van der Waals surface area contributed by atoms with Crippen LogP contribution in [0.3, 0.4) is 0 Å². The summed E-state index contributed by atoms with van der Waals surface area (Å²) in [5.74, 6) is 0.353. The van der Waals surface area contributed by atoms with E-state index in [1.54, 1.807) is 7.05 Å². The van der Waals surface area contributed by atoms with Gasteiger partial charge in [-0.1, -0.05) is 42.5 Å². The third-order valence-electron chi connectivity index (χ3n) is 4.67. The van der Waals surface area contributed by atoms with Gasteiger partial charge in [-0.2, -0.15) is 5.10 Å². The first-order valence-corrected chi connectivity index (χ1v) is 8.17. The molecule has 1 amide bonds. The van der Waals surface area contributed by atoms with Crippen molar-refractivity contribution in [2.24, 2.45) is 5.10 Å². The molecule has 0 unspecified atom stereocenters. The zero-order valence-electron chi connectivity index (χ0n) is 14.1. The molecule has 2 atom stereocenters. The number of para-hydroxylation sites is 2. The van der Waals surface area contributed by atoms with Crippen LogP contribution in [0.25, 0.3) is 0 Å². The maximum atomic E-state index is 12.8. The summed E-state index contributed by atoms with van der Waals surface area (Å²) in [6, 6.07) is 17.6. The number of carbonyl (C=O) groups excluding carboxylic acids is 1. The van der Waals surface area contributed by atoms with Crippen LogP contribution in [0.1, 0.15) is 11.5 Å². The van der Waals surface area contributed by atoms with Crippen LogP contribution in [0.5, 0.6) is 5.75 Å². The third kappa shape index (κ3) is 2.55. The van der Waals surface area contributed by atoms with E-state index in [0.29, 0.717) is 12.3 Å². The molecule has 2 aliphatic heterocycles. The molecule has 25 heavy (non-hydrogen) atoms. The van der Waals surface area contributed by atoms with Crippen molar-refractivity contribution in [2.75, 3.05) is 25.8 Å². The fourth-order valence-corrected chi connectivity index (χ4v) is 3.38. The van der Waals surface area contributed by atoms with Gasteiger partial charge in [0, 0.05) is 7.05 Å². The molecule has 0 radical (unpaired) electrons. The average Bonchev–Trinajstić information content (AvgIpc) is 3.07. The van der Waals surface area contributed by atoms with Crippen molar-refractivity contribution in [3.05, 3.63) is 60.2 Å². The average molecular weight is 337 g/mol. The predicted octanol–water partition coefficient (Wildman–Crippen LogP) is 2.43. The second-order valence-electron chi connectivity index (χ2n) is 6.05. The van der Waals surface area contributed by atoms with Crippen molar-refractivity contribution < 1.29 is 14.4 Å². The van der Waals surface area contributed by atoms with Crippen LogP contribution in [-0.4, -0.2) is 43.5 Å². The van der Waals surface area contributed by atoms with Crippen LogP contribution in [-0.2, 0) is 9.63 Å². The minimum atomic E-state index is -0.247. The molecule has 6 nitrogen and oxygen atoms in total. The maximum Gasteiger partial charge on any atom is 0.294 e. The highest BCUT2D eigenvalue weighted by Gasteiger charge is 2.45. The largest absolute Gasteiger partial charge is 0.489 e. The van der Waals surface area contributed by atoms with Crippen molar-refractivity contribution in [3.63, 3.8) is 0 Å². The zero-order chi connectivity index (χ0) is 17.4. The number of fused-ring (bicyclic) bond motifs is 3. The number of amides is 1. The molecule has 0 spiro atoms. The summed E-state index contributed by atoms with van der Waals surface area (Å²) in [6.07, 6.45) is 0. The monoisotopic (exact) mass is 337 g/mol. The quantitative estimate of drug-likeness (QED) is 0.807. The van der Waals surface area contributed by atoms with Gasteiger partial charge >= 0.3 is 0 Å². The smallest absolute Gasteiger partial charge is 0.294 e. The molecule has 0 bridgehead atoms. The predicted molar refractivity (Wildman–Crippen MR) is 94.6 cm³/mol. The van der Waals surface area contributed by atoms with E-state index in [0.717, 1.165) is 17.0 Å². The van der Waals surface area contributed by atoms with Crippen molar-refractivity contribution >= 4 is 17.3 Å². The van der Waals surface area contributed by atoms with E-state index in [4.69, 9.17) is 9.57 Å². The summed E-state index contributed by atoms with van der Waals surface area (Å²) in [6.45, 7) is 0.466. The number of hydrogen-bond acceptors (Lipinski definition) is 5. The number of nitrogens with zero attached hydrogens (tertiary/aromatic N) is 3. The normalized spacial score (nSPS) is 21.0. The Labute approximate surface area is 146 Å². The van der Waals surface area contributed by atoms with Crippen molar-refractivity contribution in [1.29, 1.82) is 0 Å². The molecule has 128 valence electrons. The molecule has 4 rings (SSSR count). The Morgan fingerprint density at radius 2 is 1.92 bits per heavy atom. The van der Waals surface area contributed by atoms with Gasteiger partial charge in [-0.3, -0.25) is 14.6 Å². The number of carbonyl (C=O) groups is 1. The summed E-state index contributed by atoms with van der Waals surface area (Å²) < 4.78 is 5.93. The number of anilines is 1. The molecular weight excluding hydrogens is 318 g/mol. The lowest BCUT2D eigenvalue weighted by atomic mass is 9.87. The van der Waals surface area contributed by atoms with Gasteiger partial charge < -0.3 is 4.74 Å². The van der Waals surface area contributed by atoms with Gasteiger partial charge in [0.05, 0.1) is 19.1 Å². The first-order valence-electron chi connectivity index (χ1n) is 8.17. The Morgan fingerprint density at radius 3 is 2.68 bits per heavy atom. The summed E-state index contributed by atoms with van der Waals surface area (Å²) >= 11 is 0. The van der Waals surface area contributed by atoms with E-state index in [1.165, 1.54) is 12.2 Å². The second kappa shape index (κ2) is 6.22. The van der Waals surface area contributed by atoms with E-state index in [-0.39, 0.29) is 17.9 Å². The van der Waals surface area contributed by atoms with Gasteiger partial charge in [-0.25, -0.2) is 5.06 Å². The lowest BCUT2D eigenvalue weighted by Gasteiger charge is -2.33. The first kappa shape index (κ1) is 15.7. The number of rotatable bonds is 3. The highest BCUT2D eigenvalue weighted by molar-refractivity contribution is 6.41. The molecule has 0 fully saturated rings. The van der Waals surface area contributed by atoms with Gasteiger partial charge in [0.15, 0.2) is 0 Å². The Bertz CT molecular complexity index is 822. The highest BCUT2D eigenvalue weighted by Crippen LogP contribution is 2.42. The van der Waals surface area contributed by atoms with E-state index >= 15 is 0 Å². The lowest BCUT2D eigenvalue weighted by Crippen LogP contribution is -2.42. The minimum Gasteiger partial charge on any atom is -0.489 e. The fourth-order valence-electron chi connectivity index (χ4n) is 3.38. The number of benzene rings is 2. The van der Waals surface area contributed by atoms with Gasteiger partial charge in [0.25, 0.3) is 5.91 Å². The molecule has 0 saturated heterocycles. The fraction of sp³-hybridized carbons (Fsp3) is 0.263. The van der Waals surface area contributed by atoms with Crippen LogP contribution in [0, 0.1) is 0 Å². The molecule has 2 heterocycles. The lowest BCUT2D eigenvalue weighted by molar-refractivity contribution is -0.160. The van der Waals surface area contributed by atoms with E-state index < -0.39 is 0 Å². The molecule has 0 aliphatic carbocycles. The summed E-state index contributed by atoms with van der Waals surface area (Å²) in [7, 11) is 3.06.